The van der Waals surface area contributed by atoms with Crippen LogP contribution in [0.15, 0.2) is 54.6 Å². The Morgan fingerprint density at radius 3 is 2.65 bits per heavy atom. The van der Waals surface area contributed by atoms with Crippen molar-refractivity contribution in [2.45, 2.75) is 26.5 Å². The van der Waals surface area contributed by atoms with Crippen LogP contribution in [0.25, 0.3) is 0 Å². The van der Waals surface area contributed by atoms with Crippen molar-refractivity contribution in [1.29, 1.82) is 0 Å². The second-order valence-corrected chi connectivity index (χ2v) is 8.48. The van der Waals surface area contributed by atoms with Gasteiger partial charge < -0.3 is 24.0 Å². The standard InChI is InChI=1S/C26H28N4O4/c1-19-6-5-9-21(16-19)34-24-22-17-30(26(31)33-18-20-7-3-2-4-8-20)11-10-23(22)27-25(28-24)29-12-14-32-15-13-29/h2-9,16H,10-15,17-18H2,1H3. The van der Waals surface area contributed by atoms with Crippen molar-refractivity contribution < 1.29 is 19.0 Å². The van der Waals surface area contributed by atoms with E-state index in [4.69, 9.17) is 24.2 Å². The molecule has 3 aromatic rings. The highest BCUT2D eigenvalue weighted by atomic mass is 16.6. The Kier molecular flexibility index (Phi) is 6.58. The summed E-state index contributed by atoms with van der Waals surface area (Å²) in [6, 6.07) is 17.5. The number of carbonyl (C=O) groups excluding carboxylic acids is 1. The molecule has 0 atom stereocenters. The highest BCUT2D eigenvalue weighted by molar-refractivity contribution is 5.68. The van der Waals surface area contributed by atoms with Gasteiger partial charge >= 0.3 is 6.09 Å². The summed E-state index contributed by atoms with van der Waals surface area (Å²) >= 11 is 0. The maximum Gasteiger partial charge on any atom is 0.410 e. The van der Waals surface area contributed by atoms with Gasteiger partial charge in [0.25, 0.3) is 0 Å². The Hall–Kier alpha value is -3.65. The van der Waals surface area contributed by atoms with Gasteiger partial charge in [0, 0.05) is 26.1 Å². The fourth-order valence-electron chi connectivity index (χ4n) is 4.12. The van der Waals surface area contributed by atoms with E-state index in [0.29, 0.717) is 50.3 Å². The van der Waals surface area contributed by atoms with E-state index in [-0.39, 0.29) is 12.7 Å². The van der Waals surface area contributed by atoms with Crippen molar-refractivity contribution in [3.8, 4) is 11.6 Å². The molecule has 1 aromatic heterocycles. The Labute approximate surface area is 199 Å². The van der Waals surface area contributed by atoms with E-state index < -0.39 is 0 Å². The van der Waals surface area contributed by atoms with Gasteiger partial charge in [0.05, 0.1) is 31.0 Å². The molecule has 0 unspecified atom stereocenters. The predicted octanol–water partition coefficient (Wildman–Crippen LogP) is 4.11. The average molecular weight is 461 g/mol. The number of morpholine rings is 1. The number of benzene rings is 2. The van der Waals surface area contributed by atoms with Crippen LogP contribution in [0.5, 0.6) is 11.6 Å². The summed E-state index contributed by atoms with van der Waals surface area (Å²) < 4.78 is 17.3. The zero-order valence-corrected chi connectivity index (χ0v) is 19.3. The van der Waals surface area contributed by atoms with Crippen LogP contribution in [0.4, 0.5) is 10.7 Å². The van der Waals surface area contributed by atoms with Crippen LogP contribution < -0.4 is 9.64 Å². The minimum Gasteiger partial charge on any atom is -0.445 e. The molecule has 2 aromatic carbocycles. The molecule has 3 heterocycles. The zero-order valence-electron chi connectivity index (χ0n) is 19.3. The van der Waals surface area contributed by atoms with E-state index >= 15 is 0 Å². The number of hydrogen-bond acceptors (Lipinski definition) is 7. The van der Waals surface area contributed by atoms with Crippen molar-refractivity contribution >= 4 is 12.0 Å². The minimum absolute atomic E-state index is 0.238. The third kappa shape index (κ3) is 5.12. The number of amides is 1. The number of anilines is 1. The number of carbonyl (C=O) groups is 1. The number of aromatic nitrogens is 2. The van der Waals surface area contributed by atoms with Crippen molar-refractivity contribution in [3.05, 3.63) is 77.0 Å². The van der Waals surface area contributed by atoms with E-state index in [9.17, 15) is 4.79 Å². The number of aryl methyl sites for hydroxylation is 1. The molecule has 0 aliphatic carbocycles. The van der Waals surface area contributed by atoms with Gasteiger partial charge in [-0.1, -0.05) is 42.5 Å². The molecule has 0 radical (unpaired) electrons. The fraction of sp³-hybridized carbons (Fsp3) is 0.346. The van der Waals surface area contributed by atoms with E-state index in [1.54, 1.807) is 4.90 Å². The molecular weight excluding hydrogens is 432 g/mol. The fourth-order valence-corrected chi connectivity index (χ4v) is 4.12. The molecule has 0 spiro atoms. The molecule has 1 fully saturated rings. The van der Waals surface area contributed by atoms with Gasteiger partial charge in [-0.3, -0.25) is 0 Å². The lowest BCUT2D eigenvalue weighted by Crippen LogP contribution is -2.39. The Balaban J connectivity index is 1.39. The van der Waals surface area contributed by atoms with Crippen LogP contribution in [-0.2, 0) is 29.0 Å². The third-order valence-electron chi connectivity index (χ3n) is 5.97. The van der Waals surface area contributed by atoms with Gasteiger partial charge in [0.15, 0.2) is 0 Å². The largest absolute Gasteiger partial charge is 0.445 e. The number of fused-ring (bicyclic) bond motifs is 1. The predicted molar refractivity (Wildman–Crippen MR) is 127 cm³/mol. The summed E-state index contributed by atoms with van der Waals surface area (Å²) in [4.78, 5) is 26.2. The summed E-state index contributed by atoms with van der Waals surface area (Å²) in [6.07, 6.45) is 0.257. The molecule has 1 saturated heterocycles. The summed E-state index contributed by atoms with van der Waals surface area (Å²) in [6.45, 7) is 5.90. The van der Waals surface area contributed by atoms with Crippen LogP contribution in [0, 0.1) is 6.92 Å². The molecule has 2 aliphatic rings. The first-order chi connectivity index (χ1) is 16.7. The molecule has 0 saturated carbocycles. The minimum atomic E-state index is -0.353. The van der Waals surface area contributed by atoms with E-state index in [1.807, 2.05) is 61.5 Å². The molecule has 34 heavy (non-hydrogen) atoms. The lowest BCUT2D eigenvalue weighted by atomic mass is 10.1. The van der Waals surface area contributed by atoms with Gasteiger partial charge in [0.1, 0.15) is 12.4 Å². The molecule has 5 rings (SSSR count). The van der Waals surface area contributed by atoms with Crippen LogP contribution in [0.3, 0.4) is 0 Å². The molecule has 0 N–H and O–H groups in total. The van der Waals surface area contributed by atoms with E-state index in [0.717, 1.165) is 35.5 Å². The third-order valence-corrected chi connectivity index (χ3v) is 5.97. The topological polar surface area (TPSA) is 77.0 Å². The van der Waals surface area contributed by atoms with Crippen molar-refractivity contribution in [3.63, 3.8) is 0 Å². The lowest BCUT2D eigenvalue weighted by molar-refractivity contribution is 0.0911. The van der Waals surface area contributed by atoms with Gasteiger partial charge in [0.2, 0.25) is 11.8 Å². The molecule has 0 bridgehead atoms. The molecule has 176 valence electrons. The number of rotatable bonds is 5. The summed E-state index contributed by atoms with van der Waals surface area (Å²) in [5, 5.41) is 0. The number of nitrogens with zero attached hydrogens (tertiary/aromatic N) is 4. The average Bonchev–Trinajstić information content (AvgIpc) is 2.88. The zero-order chi connectivity index (χ0) is 23.3. The summed E-state index contributed by atoms with van der Waals surface area (Å²) in [7, 11) is 0. The first kappa shape index (κ1) is 22.2. The van der Waals surface area contributed by atoms with Gasteiger partial charge in [-0.2, -0.15) is 4.98 Å². The highest BCUT2D eigenvalue weighted by Crippen LogP contribution is 2.32. The van der Waals surface area contributed by atoms with Crippen LogP contribution in [0.1, 0.15) is 22.4 Å². The quantitative estimate of drug-likeness (QED) is 0.567. The Bertz CT molecular complexity index is 1150. The van der Waals surface area contributed by atoms with Crippen molar-refractivity contribution in [2.75, 3.05) is 37.7 Å². The van der Waals surface area contributed by atoms with E-state index in [1.165, 1.54) is 0 Å². The maximum atomic E-state index is 12.8. The van der Waals surface area contributed by atoms with Gasteiger partial charge in [-0.05, 0) is 30.2 Å². The van der Waals surface area contributed by atoms with Crippen molar-refractivity contribution in [2.24, 2.45) is 0 Å². The molecular formula is C26H28N4O4. The Morgan fingerprint density at radius 2 is 1.85 bits per heavy atom. The summed E-state index contributed by atoms with van der Waals surface area (Å²) in [5.41, 5.74) is 3.78. The Morgan fingerprint density at radius 1 is 1.03 bits per heavy atom. The van der Waals surface area contributed by atoms with Crippen molar-refractivity contribution in [1.82, 2.24) is 14.9 Å². The second kappa shape index (κ2) is 10.1. The number of ether oxygens (including phenoxy) is 3. The van der Waals surface area contributed by atoms with Gasteiger partial charge in [-0.15, -0.1) is 0 Å². The first-order valence-corrected chi connectivity index (χ1v) is 11.6. The van der Waals surface area contributed by atoms with Crippen LogP contribution in [0.2, 0.25) is 0 Å². The van der Waals surface area contributed by atoms with Crippen LogP contribution in [-0.4, -0.2) is 53.8 Å². The normalized spacial score (nSPS) is 15.6. The summed E-state index contributed by atoms with van der Waals surface area (Å²) in [5.74, 6) is 1.83. The molecule has 1 amide bonds. The monoisotopic (exact) mass is 460 g/mol. The lowest BCUT2D eigenvalue weighted by Gasteiger charge is -2.31. The highest BCUT2D eigenvalue weighted by Gasteiger charge is 2.29. The SMILES string of the molecule is Cc1cccc(Oc2nc(N3CCOCC3)nc3c2CN(C(=O)OCc2ccccc2)CC3)c1. The molecule has 2 aliphatic heterocycles. The van der Waals surface area contributed by atoms with E-state index in [2.05, 4.69) is 4.90 Å². The molecule has 8 heteroatoms. The van der Waals surface area contributed by atoms with Gasteiger partial charge in [-0.25, -0.2) is 9.78 Å². The molecule has 8 nitrogen and oxygen atoms in total. The first-order valence-electron chi connectivity index (χ1n) is 11.6. The smallest absolute Gasteiger partial charge is 0.410 e. The number of hydrogen-bond donors (Lipinski definition) is 0. The second-order valence-electron chi connectivity index (χ2n) is 8.48. The maximum absolute atomic E-state index is 12.8. The van der Waals surface area contributed by atoms with Crippen LogP contribution >= 0.6 is 0 Å².